The maximum Gasteiger partial charge on any atom is 0.229 e. The summed E-state index contributed by atoms with van der Waals surface area (Å²) in [5.41, 5.74) is 4.35. The van der Waals surface area contributed by atoms with Crippen molar-refractivity contribution in [2.75, 3.05) is 24.6 Å². The van der Waals surface area contributed by atoms with E-state index in [-0.39, 0.29) is 34.4 Å². The van der Waals surface area contributed by atoms with Crippen molar-refractivity contribution in [3.63, 3.8) is 0 Å². The second-order valence-corrected chi connectivity index (χ2v) is 8.78. The number of nitrogens with zero attached hydrogens (tertiary/aromatic N) is 2. The highest BCUT2D eigenvalue weighted by atomic mass is 79.9. The highest BCUT2D eigenvalue weighted by Gasteiger charge is 2.70. The van der Waals surface area contributed by atoms with Gasteiger partial charge in [0.2, 0.25) is 5.91 Å². The van der Waals surface area contributed by atoms with Crippen molar-refractivity contribution in [1.29, 1.82) is 0 Å². The molecule has 5 heterocycles. The van der Waals surface area contributed by atoms with Crippen molar-refractivity contribution in [2.45, 2.75) is 42.9 Å². The SMILES string of the molecule is Br.O=C1CC2OCC=C3CN4CC[C@]56c7ccccc7N1C5[C@H]2[C@H]3C[C@H]46. The van der Waals surface area contributed by atoms with Gasteiger partial charge in [-0.1, -0.05) is 29.8 Å². The van der Waals surface area contributed by atoms with Gasteiger partial charge in [0.15, 0.2) is 0 Å². The number of carbonyl (C=O) groups excluding carboxylic acids is 1. The first kappa shape index (κ1) is 15.8. The number of hydrogen-bond donors (Lipinski definition) is 0. The molecule has 1 aromatic rings. The molecule has 0 N–H and O–H groups in total. The van der Waals surface area contributed by atoms with Gasteiger partial charge in [-0.15, -0.1) is 17.0 Å². The lowest BCUT2D eigenvalue weighted by Gasteiger charge is -2.58. The van der Waals surface area contributed by atoms with Gasteiger partial charge >= 0.3 is 0 Å². The van der Waals surface area contributed by atoms with Crippen molar-refractivity contribution in [1.82, 2.24) is 4.90 Å². The van der Waals surface area contributed by atoms with Gasteiger partial charge in [-0.3, -0.25) is 9.69 Å². The molecule has 136 valence electrons. The van der Waals surface area contributed by atoms with Crippen LogP contribution >= 0.6 is 17.0 Å². The average molecular weight is 415 g/mol. The van der Waals surface area contributed by atoms with Gasteiger partial charge < -0.3 is 9.64 Å². The molecule has 1 spiro atoms. The fraction of sp³-hybridized carbons (Fsp3) is 0.571. The molecule has 4 fully saturated rings. The molecule has 2 bridgehead atoms. The van der Waals surface area contributed by atoms with E-state index in [0.717, 1.165) is 6.54 Å². The Balaban J connectivity index is 0.00000137. The number of piperidine rings is 2. The van der Waals surface area contributed by atoms with E-state index in [0.29, 0.717) is 36.9 Å². The zero-order valence-electron chi connectivity index (χ0n) is 14.6. The number of rotatable bonds is 0. The van der Waals surface area contributed by atoms with E-state index < -0.39 is 0 Å². The van der Waals surface area contributed by atoms with Gasteiger partial charge in [0, 0.05) is 29.6 Å². The van der Waals surface area contributed by atoms with Crippen LogP contribution in [0.4, 0.5) is 5.69 Å². The standard InChI is InChI=1S/C21H22N2O2.BrH/c24-18-10-16-19-13-9-17-21(6-7-22(17)11-12(13)5-8-25-16)14-3-1-2-4-15(14)23(18)20(19)21;/h1-5,13,16-17,19-20H,6-11H2;1H/t13-,16?,17-,19-,20?,21+;/m0./s1. The number of fused-ring (bicyclic) bond motifs is 2. The first-order chi connectivity index (χ1) is 12.3. The minimum absolute atomic E-state index is 0. The monoisotopic (exact) mass is 414 g/mol. The summed E-state index contributed by atoms with van der Waals surface area (Å²) in [5, 5.41) is 0. The highest BCUT2D eigenvalue weighted by molar-refractivity contribution is 8.93. The minimum atomic E-state index is 0. The van der Waals surface area contributed by atoms with Crippen LogP contribution in [0.5, 0.6) is 0 Å². The van der Waals surface area contributed by atoms with E-state index in [1.807, 2.05) is 0 Å². The van der Waals surface area contributed by atoms with Crippen LogP contribution in [0.2, 0.25) is 0 Å². The Morgan fingerprint density at radius 1 is 1.23 bits per heavy atom. The zero-order valence-corrected chi connectivity index (χ0v) is 16.3. The van der Waals surface area contributed by atoms with E-state index in [9.17, 15) is 4.79 Å². The predicted octanol–water partition coefficient (Wildman–Crippen LogP) is 2.67. The minimum Gasteiger partial charge on any atom is -0.373 e. The number of amides is 1. The third-order valence-corrected chi connectivity index (χ3v) is 8.22. The van der Waals surface area contributed by atoms with Crippen LogP contribution in [0.15, 0.2) is 35.9 Å². The Bertz CT molecular complexity index is 854. The number of carbonyl (C=O) groups is 1. The molecule has 6 aliphatic rings. The fourth-order valence-electron chi connectivity index (χ4n) is 7.51. The predicted molar refractivity (Wildman–Crippen MR) is 104 cm³/mol. The van der Waals surface area contributed by atoms with Gasteiger partial charge in [-0.05, 0) is 36.9 Å². The van der Waals surface area contributed by atoms with Gasteiger partial charge in [-0.2, -0.15) is 0 Å². The molecule has 1 aliphatic carbocycles. The summed E-state index contributed by atoms with van der Waals surface area (Å²) in [6.07, 6.45) is 5.43. The Hall–Kier alpha value is -1.17. The lowest BCUT2D eigenvalue weighted by Crippen LogP contribution is -2.69. The van der Waals surface area contributed by atoms with E-state index in [2.05, 4.69) is 40.1 Å². The summed E-state index contributed by atoms with van der Waals surface area (Å²) in [6, 6.07) is 9.64. The molecule has 6 atom stereocenters. The lowest BCUT2D eigenvalue weighted by molar-refractivity contribution is -0.132. The van der Waals surface area contributed by atoms with Gasteiger partial charge in [0.1, 0.15) is 0 Å². The first-order valence-electron chi connectivity index (χ1n) is 9.75. The summed E-state index contributed by atoms with van der Waals surface area (Å²) in [5.74, 6) is 1.35. The molecule has 2 unspecified atom stereocenters. The topological polar surface area (TPSA) is 32.8 Å². The van der Waals surface area contributed by atoms with E-state index in [1.54, 1.807) is 5.57 Å². The third-order valence-electron chi connectivity index (χ3n) is 8.22. The summed E-state index contributed by atoms with van der Waals surface area (Å²) in [6.45, 7) is 2.97. The molecular formula is C21H23BrN2O2. The molecule has 0 aromatic heterocycles. The molecule has 5 heteroatoms. The molecule has 1 amide bonds. The van der Waals surface area contributed by atoms with E-state index in [1.165, 1.54) is 30.6 Å². The maximum atomic E-state index is 13.2. The summed E-state index contributed by atoms with van der Waals surface area (Å²) >= 11 is 0. The maximum absolute atomic E-state index is 13.2. The number of hydrogen-bond acceptors (Lipinski definition) is 3. The molecule has 5 aliphatic heterocycles. The van der Waals surface area contributed by atoms with Crippen LogP contribution < -0.4 is 4.90 Å². The number of para-hydroxylation sites is 1. The second-order valence-electron chi connectivity index (χ2n) is 8.78. The fourth-order valence-corrected chi connectivity index (χ4v) is 7.51. The van der Waals surface area contributed by atoms with Crippen molar-refractivity contribution in [2.24, 2.45) is 11.8 Å². The molecule has 26 heavy (non-hydrogen) atoms. The number of anilines is 1. The number of benzene rings is 1. The first-order valence-corrected chi connectivity index (χ1v) is 9.75. The molecule has 3 saturated heterocycles. The number of halogens is 1. The van der Waals surface area contributed by atoms with Crippen LogP contribution in [-0.4, -0.2) is 48.7 Å². The Morgan fingerprint density at radius 2 is 2.12 bits per heavy atom. The van der Waals surface area contributed by atoms with Crippen LogP contribution in [0.3, 0.4) is 0 Å². The molecular weight excluding hydrogens is 392 g/mol. The van der Waals surface area contributed by atoms with E-state index >= 15 is 0 Å². The normalized spacial score (nSPS) is 44.2. The molecule has 7 rings (SSSR count). The van der Waals surface area contributed by atoms with Gasteiger partial charge in [0.25, 0.3) is 0 Å². The summed E-state index contributed by atoms with van der Waals surface area (Å²) < 4.78 is 6.25. The van der Waals surface area contributed by atoms with Crippen molar-refractivity contribution in [3.8, 4) is 0 Å². The van der Waals surface area contributed by atoms with Crippen molar-refractivity contribution < 1.29 is 9.53 Å². The third kappa shape index (κ3) is 1.55. The smallest absolute Gasteiger partial charge is 0.229 e. The van der Waals surface area contributed by atoms with Crippen LogP contribution in [0.1, 0.15) is 24.8 Å². The highest BCUT2D eigenvalue weighted by Crippen LogP contribution is 2.65. The van der Waals surface area contributed by atoms with Gasteiger partial charge in [-0.25, -0.2) is 0 Å². The zero-order chi connectivity index (χ0) is 16.3. The summed E-state index contributed by atoms with van der Waals surface area (Å²) in [4.78, 5) is 18.1. The average Bonchev–Trinajstić information content (AvgIpc) is 3.10. The Morgan fingerprint density at radius 3 is 3.04 bits per heavy atom. The molecule has 1 saturated carbocycles. The quantitative estimate of drug-likeness (QED) is 0.611. The largest absolute Gasteiger partial charge is 0.373 e. The Kier molecular flexibility index (Phi) is 3.05. The van der Waals surface area contributed by atoms with E-state index in [4.69, 9.17) is 4.74 Å². The lowest BCUT2D eigenvalue weighted by atomic mass is 9.53. The molecule has 4 nitrogen and oxygen atoms in total. The van der Waals surface area contributed by atoms with Gasteiger partial charge in [0.05, 0.1) is 25.2 Å². The second kappa shape index (κ2) is 5.00. The van der Waals surface area contributed by atoms with Crippen molar-refractivity contribution >= 4 is 28.6 Å². The van der Waals surface area contributed by atoms with Crippen LogP contribution in [-0.2, 0) is 14.9 Å². The molecule has 0 radical (unpaired) electrons. The van der Waals surface area contributed by atoms with Crippen molar-refractivity contribution in [3.05, 3.63) is 41.5 Å². The van der Waals surface area contributed by atoms with Crippen LogP contribution in [0.25, 0.3) is 0 Å². The molecule has 1 aromatic carbocycles. The Labute approximate surface area is 163 Å². The van der Waals surface area contributed by atoms with Crippen LogP contribution in [0, 0.1) is 11.8 Å². The summed E-state index contributed by atoms with van der Waals surface area (Å²) in [7, 11) is 0. The number of ether oxygens (including phenoxy) is 1.